The fourth-order valence-corrected chi connectivity index (χ4v) is 0.215. The lowest BCUT2D eigenvalue weighted by Crippen LogP contribution is -1.95. The van der Waals surface area contributed by atoms with Gasteiger partial charge in [0.05, 0.1) is 12.9 Å². The Morgan fingerprint density at radius 1 is 1.57 bits per heavy atom. The third-order valence-corrected chi connectivity index (χ3v) is 0.523. The summed E-state index contributed by atoms with van der Waals surface area (Å²) in [5, 5.41) is 0. The minimum absolute atomic E-state index is 0.597. The SMILES string of the molecule is C=COCCOC. The third kappa shape index (κ3) is 5.50. The zero-order valence-electron chi connectivity index (χ0n) is 4.52. The number of rotatable bonds is 4. The Morgan fingerprint density at radius 2 is 2.29 bits per heavy atom. The molecule has 0 aromatic carbocycles. The largest absolute Gasteiger partial charge is 0.499 e. The predicted octanol–water partition coefficient (Wildman–Crippen LogP) is 0.793. The van der Waals surface area contributed by atoms with Gasteiger partial charge in [0.25, 0.3) is 0 Å². The zero-order chi connectivity index (χ0) is 5.54. The van der Waals surface area contributed by atoms with Crippen molar-refractivity contribution in [1.29, 1.82) is 0 Å². The average molecular weight is 102 g/mol. The summed E-state index contributed by atoms with van der Waals surface area (Å²) in [6.07, 6.45) is 1.40. The van der Waals surface area contributed by atoms with Gasteiger partial charge in [-0.15, -0.1) is 0 Å². The lowest BCUT2D eigenvalue weighted by Gasteiger charge is -1.95. The molecule has 2 nitrogen and oxygen atoms in total. The fourth-order valence-electron chi connectivity index (χ4n) is 0.215. The highest BCUT2D eigenvalue weighted by molar-refractivity contribution is 4.47. The second-order valence-corrected chi connectivity index (χ2v) is 1.03. The van der Waals surface area contributed by atoms with E-state index in [4.69, 9.17) is 4.74 Å². The van der Waals surface area contributed by atoms with Crippen molar-refractivity contribution in [1.82, 2.24) is 0 Å². The second kappa shape index (κ2) is 5.50. The van der Waals surface area contributed by atoms with Crippen molar-refractivity contribution < 1.29 is 9.47 Å². The molecule has 0 aromatic heterocycles. The maximum atomic E-state index is 4.71. The summed E-state index contributed by atoms with van der Waals surface area (Å²) in [5.41, 5.74) is 0. The zero-order valence-corrected chi connectivity index (χ0v) is 4.52. The summed E-state index contributed by atoms with van der Waals surface area (Å²) in [6.45, 7) is 4.58. The van der Waals surface area contributed by atoms with Gasteiger partial charge in [-0.2, -0.15) is 0 Å². The number of methoxy groups -OCH3 is 1. The van der Waals surface area contributed by atoms with Gasteiger partial charge in [0, 0.05) is 7.11 Å². The van der Waals surface area contributed by atoms with Gasteiger partial charge in [-0.25, -0.2) is 0 Å². The highest BCUT2D eigenvalue weighted by Crippen LogP contribution is 1.72. The molecule has 0 saturated heterocycles. The van der Waals surface area contributed by atoms with Crippen molar-refractivity contribution in [2.75, 3.05) is 20.3 Å². The van der Waals surface area contributed by atoms with Gasteiger partial charge in [-0.3, -0.25) is 0 Å². The van der Waals surface area contributed by atoms with E-state index in [0.29, 0.717) is 13.2 Å². The molecule has 0 aliphatic heterocycles. The molecule has 0 radical (unpaired) electrons. The predicted molar refractivity (Wildman–Crippen MR) is 28.0 cm³/mol. The molecule has 0 heterocycles. The minimum Gasteiger partial charge on any atom is -0.499 e. The molecule has 7 heavy (non-hydrogen) atoms. The molecule has 0 aliphatic carbocycles. The lowest BCUT2D eigenvalue weighted by molar-refractivity contribution is 0.124. The molecule has 0 aliphatic rings. The van der Waals surface area contributed by atoms with Crippen LogP contribution in [0.2, 0.25) is 0 Å². The van der Waals surface area contributed by atoms with Crippen molar-refractivity contribution in [3.8, 4) is 0 Å². The Hall–Kier alpha value is -0.500. The van der Waals surface area contributed by atoms with Crippen molar-refractivity contribution >= 4 is 0 Å². The Bertz CT molecular complexity index is 43.3. The summed E-state index contributed by atoms with van der Waals surface area (Å²) in [5.74, 6) is 0. The Labute approximate surface area is 43.7 Å². The van der Waals surface area contributed by atoms with Crippen LogP contribution in [0.5, 0.6) is 0 Å². The molecular formula is C5H10O2. The average Bonchev–Trinajstić information content (AvgIpc) is 1.69. The number of hydrogen-bond donors (Lipinski definition) is 0. The summed E-state index contributed by atoms with van der Waals surface area (Å²) < 4.78 is 9.38. The third-order valence-electron chi connectivity index (χ3n) is 0.523. The monoisotopic (exact) mass is 102 g/mol. The lowest BCUT2D eigenvalue weighted by atomic mass is 10.8. The molecule has 0 fully saturated rings. The van der Waals surface area contributed by atoms with Gasteiger partial charge < -0.3 is 9.47 Å². The summed E-state index contributed by atoms with van der Waals surface area (Å²) in [7, 11) is 1.63. The van der Waals surface area contributed by atoms with E-state index in [2.05, 4.69) is 11.3 Å². The fraction of sp³-hybridized carbons (Fsp3) is 0.600. The van der Waals surface area contributed by atoms with E-state index in [1.807, 2.05) is 0 Å². The molecule has 0 bridgehead atoms. The maximum absolute atomic E-state index is 4.71. The first-order valence-electron chi connectivity index (χ1n) is 2.13. The van der Waals surface area contributed by atoms with E-state index in [9.17, 15) is 0 Å². The first-order valence-corrected chi connectivity index (χ1v) is 2.13. The molecule has 0 N–H and O–H groups in total. The van der Waals surface area contributed by atoms with E-state index in [-0.39, 0.29) is 0 Å². The van der Waals surface area contributed by atoms with Crippen LogP contribution in [0.15, 0.2) is 12.8 Å². The van der Waals surface area contributed by atoms with Crippen LogP contribution in [0, 0.1) is 0 Å². The summed E-state index contributed by atoms with van der Waals surface area (Å²) >= 11 is 0. The molecule has 0 spiro atoms. The summed E-state index contributed by atoms with van der Waals surface area (Å²) in [4.78, 5) is 0. The van der Waals surface area contributed by atoms with E-state index < -0.39 is 0 Å². The smallest absolute Gasteiger partial charge is 0.111 e. The Balaban J connectivity index is 2.56. The topological polar surface area (TPSA) is 18.5 Å². The van der Waals surface area contributed by atoms with Crippen molar-refractivity contribution in [3.63, 3.8) is 0 Å². The van der Waals surface area contributed by atoms with Crippen LogP contribution in [0.25, 0.3) is 0 Å². The highest BCUT2D eigenvalue weighted by atomic mass is 16.5. The van der Waals surface area contributed by atoms with E-state index in [1.165, 1.54) is 6.26 Å². The molecule has 0 saturated carbocycles. The minimum atomic E-state index is 0.597. The van der Waals surface area contributed by atoms with E-state index in [1.54, 1.807) is 7.11 Å². The van der Waals surface area contributed by atoms with Crippen LogP contribution >= 0.6 is 0 Å². The molecule has 0 amide bonds. The molecule has 0 aromatic rings. The molecule has 2 heteroatoms. The van der Waals surface area contributed by atoms with Crippen LogP contribution in [-0.4, -0.2) is 20.3 Å². The molecule has 0 atom stereocenters. The standard InChI is InChI=1S/C5H10O2/c1-3-7-5-4-6-2/h3H,1,4-5H2,2H3. The van der Waals surface area contributed by atoms with Crippen LogP contribution in [-0.2, 0) is 9.47 Å². The first-order chi connectivity index (χ1) is 3.41. The molecule has 42 valence electrons. The van der Waals surface area contributed by atoms with E-state index >= 15 is 0 Å². The van der Waals surface area contributed by atoms with Gasteiger partial charge in [-0.1, -0.05) is 6.58 Å². The van der Waals surface area contributed by atoms with Crippen molar-refractivity contribution in [3.05, 3.63) is 12.8 Å². The quantitative estimate of drug-likeness (QED) is 0.386. The van der Waals surface area contributed by atoms with Crippen LogP contribution in [0.1, 0.15) is 0 Å². The van der Waals surface area contributed by atoms with Gasteiger partial charge in [-0.05, 0) is 0 Å². The van der Waals surface area contributed by atoms with Crippen molar-refractivity contribution in [2.24, 2.45) is 0 Å². The molecule has 0 rings (SSSR count). The Morgan fingerprint density at radius 3 is 2.71 bits per heavy atom. The van der Waals surface area contributed by atoms with Gasteiger partial charge >= 0.3 is 0 Å². The van der Waals surface area contributed by atoms with Gasteiger partial charge in [0.1, 0.15) is 6.61 Å². The molecular weight excluding hydrogens is 92.1 g/mol. The highest BCUT2D eigenvalue weighted by Gasteiger charge is 1.75. The van der Waals surface area contributed by atoms with Crippen molar-refractivity contribution in [2.45, 2.75) is 0 Å². The number of hydrogen-bond acceptors (Lipinski definition) is 2. The van der Waals surface area contributed by atoms with Gasteiger partial charge in [0.15, 0.2) is 0 Å². The first kappa shape index (κ1) is 6.50. The summed E-state index contributed by atoms with van der Waals surface area (Å²) in [6, 6.07) is 0. The van der Waals surface area contributed by atoms with E-state index in [0.717, 1.165) is 0 Å². The molecule has 0 unspecified atom stereocenters. The second-order valence-electron chi connectivity index (χ2n) is 1.03. The van der Waals surface area contributed by atoms with Gasteiger partial charge in [0.2, 0.25) is 0 Å². The van der Waals surface area contributed by atoms with Crippen LogP contribution in [0.4, 0.5) is 0 Å². The number of ether oxygens (including phenoxy) is 2. The van der Waals surface area contributed by atoms with Crippen LogP contribution in [0.3, 0.4) is 0 Å². The normalized spacial score (nSPS) is 8.14. The maximum Gasteiger partial charge on any atom is 0.111 e. The van der Waals surface area contributed by atoms with Crippen LogP contribution < -0.4 is 0 Å². The Kier molecular flexibility index (Phi) is 5.11.